The predicted octanol–water partition coefficient (Wildman–Crippen LogP) is 5.51. The molecule has 2 heterocycles. The van der Waals surface area contributed by atoms with Crippen LogP contribution in [0.4, 0.5) is 4.79 Å². The summed E-state index contributed by atoms with van der Waals surface area (Å²) in [6, 6.07) is 0. The first-order valence-electron chi connectivity index (χ1n) is 14.7. The second-order valence-corrected chi connectivity index (χ2v) is 12.2. The highest BCUT2D eigenvalue weighted by atomic mass is 16.6. The number of hydrogen-bond donors (Lipinski definition) is 0. The van der Waals surface area contributed by atoms with Crippen LogP contribution in [0.2, 0.25) is 0 Å². The van der Waals surface area contributed by atoms with Gasteiger partial charge in [-0.2, -0.15) is 5.10 Å². The Balaban J connectivity index is 1.74. The second kappa shape index (κ2) is 14.6. The van der Waals surface area contributed by atoms with Crippen molar-refractivity contribution in [2.75, 3.05) is 60.2 Å². The Morgan fingerprint density at radius 1 is 1.15 bits per heavy atom. The number of hydrogen-bond acceptors (Lipinski definition) is 7. The van der Waals surface area contributed by atoms with Crippen LogP contribution in [0.5, 0.6) is 0 Å². The molecule has 1 aromatic heterocycles. The minimum Gasteiger partial charge on any atom is -0.444 e. The van der Waals surface area contributed by atoms with Gasteiger partial charge in [-0.25, -0.2) is 9.48 Å². The van der Waals surface area contributed by atoms with Crippen LogP contribution in [0.1, 0.15) is 90.6 Å². The standard InChI is InChI=1S/C30H52N4O5/c1-8-36-22-30(23-37-9-2)15-13-24(14-16-30)27-25(21-34(31-27)26-12-10-11-19-38-26)20-32(6)17-18-33(7)28(35)39-29(3,4)5/h13,21,26H,8-12,14-20,22-23H2,1-7H3. The van der Waals surface area contributed by atoms with E-state index < -0.39 is 5.60 Å². The predicted molar refractivity (Wildman–Crippen MR) is 154 cm³/mol. The first-order chi connectivity index (χ1) is 18.6. The average Bonchev–Trinajstić information content (AvgIpc) is 3.33. The third-order valence-corrected chi connectivity index (χ3v) is 7.46. The first kappa shape index (κ1) is 31.6. The van der Waals surface area contributed by atoms with Gasteiger partial charge in [-0.05, 0) is 85.8 Å². The highest BCUT2D eigenvalue weighted by Crippen LogP contribution is 2.40. The van der Waals surface area contributed by atoms with E-state index in [-0.39, 0.29) is 17.7 Å². The van der Waals surface area contributed by atoms with Crippen molar-refractivity contribution in [3.8, 4) is 0 Å². The highest BCUT2D eigenvalue weighted by Gasteiger charge is 2.34. The molecule has 222 valence electrons. The number of allylic oxidation sites excluding steroid dienone is 2. The minimum atomic E-state index is -0.501. The maximum absolute atomic E-state index is 12.4. The summed E-state index contributed by atoms with van der Waals surface area (Å²) in [6.45, 7) is 15.5. The molecule has 9 heteroatoms. The van der Waals surface area contributed by atoms with Gasteiger partial charge < -0.3 is 28.7 Å². The lowest BCUT2D eigenvalue weighted by Crippen LogP contribution is -2.38. The number of ether oxygens (including phenoxy) is 4. The number of nitrogens with zero attached hydrogens (tertiary/aromatic N) is 4. The molecule has 1 aliphatic carbocycles. The molecule has 3 rings (SSSR count). The van der Waals surface area contributed by atoms with E-state index in [0.717, 1.165) is 90.3 Å². The zero-order chi connectivity index (χ0) is 28.5. The number of likely N-dealkylation sites (N-methyl/N-ethyl adjacent to an activating group) is 2. The lowest BCUT2D eigenvalue weighted by Gasteiger charge is -2.36. The van der Waals surface area contributed by atoms with Crippen LogP contribution >= 0.6 is 0 Å². The fourth-order valence-corrected chi connectivity index (χ4v) is 5.12. The molecule has 1 aliphatic heterocycles. The van der Waals surface area contributed by atoms with E-state index in [1.807, 2.05) is 39.3 Å². The van der Waals surface area contributed by atoms with Crippen LogP contribution in [0.15, 0.2) is 12.3 Å². The van der Waals surface area contributed by atoms with Gasteiger partial charge in [0.15, 0.2) is 0 Å². The van der Waals surface area contributed by atoms with Crippen LogP contribution in [-0.2, 0) is 25.5 Å². The number of rotatable bonds is 13. The van der Waals surface area contributed by atoms with Crippen LogP contribution in [-0.4, -0.2) is 91.5 Å². The monoisotopic (exact) mass is 548 g/mol. The Morgan fingerprint density at radius 2 is 1.87 bits per heavy atom. The molecule has 1 saturated heterocycles. The Morgan fingerprint density at radius 3 is 2.44 bits per heavy atom. The Bertz CT molecular complexity index is 924. The third kappa shape index (κ3) is 9.59. The fraction of sp³-hybridized carbons (Fsp3) is 0.800. The summed E-state index contributed by atoms with van der Waals surface area (Å²) in [5.41, 5.74) is 3.08. The summed E-state index contributed by atoms with van der Waals surface area (Å²) in [7, 11) is 3.88. The fourth-order valence-electron chi connectivity index (χ4n) is 5.12. The summed E-state index contributed by atoms with van der Waals surface area (Å²) in [4.78, 5) is 16.3. The molecule has 1 amide bonds. The largest absolute Gasteiger partial charge is 0.444 e. The van der Waals surface area contributed by atoms with Crippen LogP contribution < -0.4 is 0 Å². The molecule has 0 saturated carbocycles. The minimum absolute atomic E-state index is 0.00551. The van der Waals surface area contributed by atoms with Gasteiger partial charge in [0.25, 0.3) is 0 Å². The summed E-state index contributed by atoms with van der Waals surface area (Å²) in [5, 5.41) is 5.10. The molecule has 1 atom stereocenters. The lowest BCUT2D eigenvalue weighted by molar-refractivity contribution is -0.0396. The van der Waals surface area contributed by atoms with Crippen molar-refractivity contribution in [2.24, 2.45) is 5.41 Å². The molecule has 1 unspecified atom stereocenters. The maximum atomic E-state index is 12.4. The molecule has 39 heavy (non-hydrogen) atoms. The van der Waals surface area contributed by atoms with Gasteiger partial charge in [-0.1, -0.05) is 6.08 Å². The van der Waals surface area contributed by atoms with Crippen LogP contribution in [0, 0.1) is 5.41 Å². The van der Waals surface area contributed by atoms with Crippen molar-refractivity contribution < 1.29 is 23.7 Å². The second-order valence-electron chi connectivity index (χ2n) is 12.2. The van der Waals surface area contributed by atoms with Gasteiger partial charge in [-0.3, -0.25) is 0 Å². The molecule has 2 aliphatic rings. The molecule has 0 radical (unpaired) electrons. The van der Waals surface area contributed by atoms with E-state index in [0.29, 0.717) is 6.54 Å². The number of amides is 1. The smallest absolute Gasteiger partial charge is 0.410 e. The molecule has 1 fully saturated rings. The maximum Gasteiger partial charge on any atom is 0.410 e. The average molecular weight is 549 g/mol. The SMILES string of the molecule is CCOCC1(COCC)CC=C(c2nn(C3CCCCO3)cc2CN(C)CCN(C)C(=O)OC(C)(C)C)CC1. The van der Waals surface area contributed by atoms with E-state index in [1.165, 1.54) is 11.1 Å². The zero-order valence-corrected chi connectivity index (χ0v) is 25.5. The molecular formula is C30H52N4O5. The number of carbonyl (C=O) groups excluding carboxylic acids is 1. The van der Waals surface area contributed by atoms with Crippen molar-refractivity contribution in [1.29, 1.82) is 0 Å². The quantitative estimate of drug-likeness (QED) is 0.322. The van der Waals surface area contributed by atoms with Crippen molar-refractivity contribution >= 4 is 11.7 Å². The van der Waals surface area contributed by atoms with Gasteiger partial charge in [0.2, 0.25) is 0 Å². The molecule has 0 bridgehead atoms. The number of aromatic nitrogens is 2. The van der Waals surface area contributed by atoms with Gasteiger partial charge in [0, 0.05) is 63.7 Å². The summed E-state index contributed by atoms with van der Waals surface area (Å²) in [5.74, 6) is 0. The van der Waals surface area contributed by atoms with E-state index in [9.17, 15) is 4.79 Å². The molecule has 0 aromatic carbocycles. The topological polar surface area (TPSA) is 78.3 Å². The molecule has 0 N–H and O–H groups in total. The van der Waals surface area contributed by atoms with E-state index in [4.69, 9.17) is 24.0 Å². The molecule has 1 aromatic rings. The zero-order valence-electron chi connectivity index (χ0n) is 25.5. The van der Waals surface area contributed by atoms with Crippen molar-refractivity contribution in [3.05, 3.63) is 23.5 Å². The van der Waals surface area contributed by atoms with E-state index in [2.05, 4.69) is 24.2 Å². The van der Waals surface area contributed by atoms with Crippen molar-refractivity contribution in [1.82, 2.24) is 19.6 Å². The van der Waals surface area contributed by atoms with Gasteiger partial charge in [0.1, 0.15) is 11.8 Å². The van der Waals surface area contributed by atoms with Gasteiger partial charge >= 0.3 is 6.09 Å². The Labute approximate surface area is 235 Å². The summed E-state index contributed by atoms with van der Waals surface area (Å²) >= 11 is 0. The molecular weight excluding hydrogens is 496 g/mol. The first-order valence-corrected chi connectivity index (χ1v) is 14.7. The third-order valence-electron chi connectivity index (χ3n) is 7.46. The normalized spacial score (nSPS) is 19.7. The Hall–Kier alpha value is -1.94. The summed E-state index contributed by atoms with van der Waals surface area (Å²) in [6.07, 6.45) is 10.4. The lowest BCUT2D eigenvalue weighted by atomic mass is 9.75. The van der Waals surface area contributed by atoms with E-state index >= 15 is 0 Å². The number of carbonyl (C=O) groups is 1. The van der Waals surface area contributed by atoms with Crippen LogP contribution in [0.25, 0.3) is 5.57 Å². The Kier molecular flexibility index (Phi) is 11.8. The van der Waals surface area contributed by atoms with Gasteiger partial charge in [0.05, 0.1) is 18.9 Å². The van der Waals surface area contributed by atoms with Crippen molar-refractivity contribution in [2.45, 2.75) is 91.5 Å². The van der Waals surface area contributed by atoms with Crippen molar-refractivity contribution in [3.63, 3.8) is 0 Å². The molecule has 9 nitrogen and oxygen atoms in total. The van der Waals surface area contributed by atoms with Gasteiger partial charge in [-0.15, -0.1) is 0 Å². The molecule has 0 spiro atoms. The van der Waals surface area contributed by atoms with Crippen LogP contribution in [0.3, 0.4) is 0 Å². The highest BCUT2D eigenvalue weighted by molar-refractivity contribution is 5.67. The summed E-state index contributed by atoms with van der Waals surface area (Å²) < 4.78 is 25.4. The van der Waals surface area contributed by atoms with E-state index in [1.54, 1.807) is 11.9 Å².